The zero-order valence-electron chi connectivity index (χ0n) is 25.5. The fourth-order valence-electron chi connectivity index (χ4n) is 7.07. The molecule has 0 spiro atoms. The number of amides is 2. The molecular formula is C33H39N3O10. The molecule has 1 aliphatic carbocycles. The average molecular weight is 638 g/mol. The quantitative estimate of drug-likeness (QED) is 0.159. The standard InChI is InChI=1S/C33H39N3O10/c1-35(24(30(39)34-12-13-37)17-21-7-3-2-4-8-21)32(41)33-18-25-26-27(44-20-43-26)29(33)46-36(28(33)31(40)45-25)19-23-10-6-5-9-22(23)11-15-42-16-14-38/h2-11,15,24-29,37-38H,12-14,16-20H2,1H3,(H,34,39). The van der Waals surface area contributed by atoms with E-state index >= 15 is 0 Å². The summed E-state index contributed by atoms with van der Waals surface area (Å²) >= 11 is 0. The number of rotatable bonds is 13. The monoisotopic (exact) mass is 637 g/mol. The Kier molecular flexibility index (Phi) is 9.68. The van der Waals surface area contributed by atoms with Gasteiger partial charge < -0.3 is 39.4 Å². The second-order valence-corrected chi connectivity index (χ2v) is 11.8. The summed E-state index contributed by atoms with van der Waals surface area (Å²) in [6.07, 6.45) is 0.672. The number of nitrogens with one attached hydrogen (secondary N) is 1. The number of carbonyl (C=O) groups excluding carboxylic acids is 3. The number of likely N-dealkylation sites (N-methyl/N-ethyl adjacent to an activating group) is 1. The van der Waals surface area contributed by atoms with Crippen LogP contribution < -0.4 is 5.32 Å². The number of esters is 1. The topological polar surface area (TPSA) is 156 Å². The Morgan fingerprint density at radius 3 is 2.65 bits per heavy atom. The summed E-state index contributed by atoms with van der Waals surface area (Å²) in [5.74, 6) is -1.48. The molecular weight excluding hydrogens is 598 g/mol. The summed E-state index contributed by atoms with van der Waals surface area (Å²) in [5, 5.41) is 22.6. The molecule has 3 N–H and O–H groups in total. The van der Waals surface area contributed by atoms with Crippen LogP contribution in [0.15, 0.2) is 60.9 Å². The normalized spacial score (nSPS) is 28.8. The number of nitrogens with zero attached hydrogens (tertiary/aromatic N) is 2. The lowest BCUT2D eigenvalue weighted by atomic mass is 9.62. The first-order valence-corrected chi connectivity index (χ1v) is 15.4. The number of hydroxylamine groups is 2. The van der Waals surface area contributed by atoms with Crippen molar-refractivity contribution < 1.29 is 48.4 Å². The van der Waals surface area contributed by atoms with Gasteiger partial charge in [0.1, 0.15) is 49.3 Å². The molecule has 3 heterocycles. The van der Waals surface area contributed by atoms with E-state index in [2.05, 4.69) is 5.32 Å². The number of aliphatic hydroxyl groups excluding tert-OH is 2. The Hall–Kier alpha value is -3.85. The van der Waals surface area contributed by atoms with Crippen molar-refractivity contribution in [2.24, 2.45) is 5.41 Å². The van der Waals surface area contributed by atoms with Gasteiger partial charge >= 0.3 is 5.97 Å². The molecule has 246 valence electrons. The van der Waals surface area contributed by atoms with E-state index in [9.17, 15) is 19.5 Å². The van der Waals surface area contributed by atoms with E-state index in [1.54, 1.807) is 13.1 Å². The van der Waals surface area contributed by atoms with Crippen LogP contribution in [0.2, 0.25) is 0 Å². The van der Waals surface area contributed by atoms with Crippen LogP contribution in [-0.2, 0) is 51.1 Å². The fraction of sp³-hybridized carbons (Fsp3) is 0.485. The third kappa shape index (κ3) is 5.90. The maximum Gasteiger partial charge on any atom is 0.327 e. The molecule has 0 radical (unpaired) electrons. The third-order valence-corrected chi connectivity index (χ3v) is 9.18. The van der Waals surface area contributed by atoms with Crippen LogP contribution in [0.1, 0.15) is 23.1 Å². The minimum Gasteiger partial charge on any atom is -0.499 e. The van der Waals surface area contributed by atoms with E-state index in [-0.39, 0.29) is 52.5 Å². The Balaban J connectivity index is 1.36. The predicted octanol–water partition coefficient (Wildman–Crippen LogP) is 0.386. The van der Waals surface area contributed by atoms with Crippen molar-refractivity contribution in [3.8, 4) is 0 Å². The SMILES string of the molecule is CN(C(=O)C12CC3OC(=O)C1N(Cc1ccccc1C=COCCO)OC2C1OCOC31)C(Cc1ccccc1)C(=O)NCCO. The minimum atomic E-state index is -1.44. The van der Waals surface area contributed by atoms with Gasteiger partial charge in [0.25, 0.3) is 0 Å². The van der Waals surface area contributed by atoms with Gasteiger partial charge in [-0.2, -0.15) is 5.06 Å². The van der Waals surface area contributed by atoms with Crippen molar-refractivity contribution in [1.82, 2.24) is 15.3 Å². The maximum absolute atomic E-state index is 14.9. The van der Waals surface area contributed by atoms with Crippen LogP contribution >= 0.6 is 0 Å². The number of fused-ring (bicyclic) bond motifs is 4. The Morgan fingerprint density at radius 2 is 1.87 bits per heavy atom. The highest BCUT2D eigenvalue weighted by atomic mass is 16.8. The molecule has 2 bridgehead atoms. The van der Waals surface area contributed by atoms with E-state index in [4.69, 9.17) is 28.9 Å². The smallest absolute Gasteiger partial charge is 0.327 e. The lowest BCUT2D eigenvalue weighted by Crippen LogP contribution is -2.70. The van der Waals surface area contributed by atoms with Gasteiger partial charge in [-0.1, -0.05) is 54.6 Å². The van der Waals surface area contributed by atoms with Crippen molar-refractivity contribution in [2.45, 2.75) is 55.9 Å². The van der Waals surface area contributed by atoms with Gasteiger partial charge in [-0.05, 0) is 22.8 Å². The largest absolute Gasteiger partial charge is 0.499 e. The van der Waals surface area contributed by atoms with Gasteiger partial charge in [0, 0.05) is 26.4 Å². The third-order valence-electron chi connectivity index (χ3n) is 9.18. The van der Waals surface area contributed by atoms with Gasteiger partial charge in [-0.3, -0.25) is 19.2 Å². The summed E-state index contributed by atoms with van der Waals surface area (Å²) in [6, 6.07) is 14.7. The van der Waals surface area contributed by atoms with Crippen molar-refractivity contribution >= 4 is 23.9 Å². The summed E-state index contributed by atoms with van der Waals surface area (Å²) < 4.78 is 23.0. The number of carbonyl (C=O) groups is 3. The molecule has 7 atom stereocenters. The zero-order chi connectivity index (χ0) is 32.3. The fourth-order valence-corrected chi connectivity index (χ4v) is 7.07. The van der Waals surface area contributed by atoms with Crippen molar-refractivity contribution in [3.05, 3.63) is 77.5 Å². The van der Waals surface area contributed by atoms with E-state index < -0.39 is 59.7 Å². The number of hydrogen-bond acceptors (Lipinski definition) is 11. The van der Waals surface area contributed by atoms with Crippen LogP contribution in [-0.4, -0.2) is 115 Å². The first kappa shape index (κ1) is 32.1. The van der Waals surface area contributed by atoms with E-state index in [1.807, 2.05) is 54.6 Å². The molecule has 4 fully saturated rings. The van der Waals surface area contributed by atoms with Crippen LogP contribution in [0.3, 0.4) is 0 Å². The molecule has 46 heavy (non-hydrogen) atoms. The predicted molar refractivity (Wildman–Crippen MR) is 161 cm³/mol. The highest BCUT2D eigenvalue weighted by Crippen LogP contribution is 2.56. The second kappa shape index (κ2) is 13.9. The first-order chi connectivity index (χ1) is 22.4. The lowest BCUT2D eigenvalue weighted by Gasteiger charge is -2.50. The molecule has 6 rings (SSSR count). The molecule has 3 saturated heterocycles. The molecule has 2 amide bonds. The number of ether oxygens (including phenoxy) is 4. The zero-order valence-corrected chi connectivity index (χ0v) is 25.5. The lowest BCUT2D eigenvalue weighted by molar-refractivity contribution is -0.204. The van der Waals surface area contributed by atoms with Crippen LogP contribution in [0.4, 0.5) is 0 Å². The summed E-state index contributed by atoms with van der Waals surface area (Å²) in [6.45, 7) is -0.0962. The number of aliphatic hydroxyl groups is 2. The molecule has 3 aliphatic heterocycles. The van der Waals surface area contributed by atoms with Gasteiger partial charge in [0.15, 0.2) is 6.04 Å². The van der Waals surface area contributed by atoms with Crippen molar-refractivity contribution in [1.29, 1.82) is 0 Å². The van der Waals surface area contributed by atoms with E-state index in [0.717, 1.165) is 16.7 Å². The number of benzene rings is 2. The molecule has 2 aromatic carbocycles. The molecule has 13 nitrogen and oxygen atoms in total. The Labute approximate surface area is 266 Å². The van der Waals surface area contributed by atoms with Gasteiger partial charge in [0.2, 0.25) is 11.8 Å². The molecule has 4 aliphatic rings. The molecule has 7 unspecified atom stereocenters. The van der Waals surface area contributed by atoms with Crippen molar-refractivity contribution in [3.63, 3.8) is 0 Å². The van der Waals surface area contributed by atoms with Crippen LogP contribution in [0.25, 0.3) is 6.08 Å². The Morgan fingerprint density at radius 1 is 1.11 bits per heavy atom. The minimum absolute atomic E-state index is 0.0294. The van der Waals surface area contributed by atoms with Crippen LogP contribution in [0, 0.1) is 5.41 Å². The Bertz CT molecular complexity index is 1440. The summed E-state index contributed by atoms with van der Waals surface area (Å²) in [5.41, 5.74) is 0.987. The maximum atomic E-state index is 14.9. The molecule has 2 aromatic rings. The number of hydrogen-bond donors (Lipinski definition) is 3. The molecule has 0 aromatic heterocycles. The summed E-state index contributed by atoms with van der Waals surface area (Å²) in [4.78, 5) is 50.2. The van der Waals surface area contributed by atoms with E-state index in [0.29, 0.717) is 0 Å². The van der Waals surface area contributed by atoms with Gasteiger partial charge in [0.05, 0.1) is 26.0 Å². The molecule has 13 heteroatoms. The second-order valence-electron chi connectivity index (χ2n) is 11.8. The van der Waals surface area contributed by atoms with Gasteiger partial charge in [-0.15, -0.1) is 0 Å². The summed E-state index contributed by atoms with van der Waals surface area (Å²) in [7, 11) is 1.56. The average Bonchev–Trinajstić information content (AvgIpc) is 3.70. The van der Waals surface area contributed by atoms with Crippen LogP contribution in [0.5, 0.6) is 0 Å². The highest BCUT2D eigenvalue weighted by Gasteiger charge is 2.75. The van der Waals surface area contributed by atoms with Crippen molar-refractivity contribution in [2.75, 3.05) is 40.2 Å². The molecule has 1 saturated carbocycles. The first-order valence-electron chi connectivity index (χ1n) is 15.4. The van der Waals surface area contributed by atoms with E-state index in [1.165, 1.54) is 16.2 Å². The van der Waals surface area contributed by atoms with Gasteiger partial charge in [-0.25, -0.2) is 0 Å². The highest BCUT2D eigenvalue weighted by molar-refractivity contribution is 5.96.